The van der Waals surface area contributed by atoms with E-state index in [-0.39, 0.29) is 11.9 Å². The molecule has 0 saturated heterocycles. The van der Waals surface area contributed by atoms with E-state index in [1.807, 2.05) is 0 Å². The highest BCUT2D eigenvalue weighted by Crippen LogP contribution is 2.18. The Labute approximate surface area is 163 Å². The molecule has 0 aliphatic heterocycles. The van der Waals surface area contributed by atoms with E-state index in [1.54, 1.807) is 61.1 Å². The molecule has 0 unspecified atom stereocenters. The lowest BCUT2D eigenvalue weighted by Crippen LogP contribution is -2.19. The minimum Gasteiger partial charge on any atom is -0.497 e. The number of carbonyl (C=O) groups excluding carboxylic acids is 2. The molecule has 2 aromatic rings. The first kappa shape index (κ1) is 21.0. The van der Waals surface area contributed by atoms with Gasteiger partial charge in [0.2, 0.25) is 5.91 Å². The minimum atomic E-state index is -0.375. The standard InChI is InChI=1S/C20H25N3O5/c1-27-17-10-6-15(7-11-17)21-20(25)22-16-8-12-18(13-9-16)28-14-4-2-3-5-19(24)23-26/h6-13,26H,2-5,14H2,1H3,(H,23,24)(H2,21,22,25). The highest BCUT2D eigenvalue weighted by Gasteiger charge is 2.04. The van der Waals surface area contributed by atoms with Crippen molar-refractivity contribution in [1.29, 1.82) is 0 Å². The molecule has 28 heavy (non-hydrogen) atoms. The normalized spacial score (nSPS) is 10.1. The first-order chi connectivity index (χ1) is 13.6. The zero-order valence-electron chi connectivity index (χ0n) is 15.7. The lowest BCUT2D eigenvalue weighted by molar-refractivity contribution is -0.129. The SMILES string of the molecule is COc1ccc(NC(=O)Nc2ccc(OCCCCCC(=O)NO)cc2)cc1. The molecule has 150 valence electrons. The maximum absolute atomic E-state index is 12.0. The van der Waals surface area contributed by atoms with Crippen molar-refractivity contribution in [3.8, 4) is 11.5 Å². The van der Waals surface area contributed by atoms with E-state index < -0.39 is 0 Å². The van der Waals surface area contributed by atoms with Crippen LogP contribution in [0.2, 0.25) is 0 Å². The zero-order chi connectivity index (χ0) is 20.2. The Morgan fingerprint density at radius 2 is 1.43 bits per heavy atom. The number of unbranched alkanes of at least 4 members (excludes halogenated alkanes) is 2. The lowest BCUT2D eigenvalue weighted by atomic mass is 10.2. The van der Waals surface area contributed by atoms with E-state index in [1.165, 1.54) is 0 Å². The topological polar surface area (TPSA) is 109 Å². The number of carbonyl (C=O) groups is 2. The second kappa shape index (κ2) is 11.5. The number of nitrogens with one attached hydrogen (secondary N) is 3. The molecule has 0 heterocycles. The predicted molar refractivity (Wildman–Crippen MR) is 106 cm³/mol. The molecule has 0 aromatic heterocycles. The van der Waals surface area contributed by atoms with Crippen molar-refractivity contribution in [3.63, 3.8) is 0 Å². The Bertz CT molecular complexity index is 747. The third kappa shape index (κ3) is 7.55. The van der Waals surface area contributed by atoms with Crippen LogP contribution in [-0.4, -0.2) is 30.9 Å². The van der Waals surface area contributed by atoms with Gasteiger partial charge in [0, 0.05) is 17.8 Å². The van der Waals surface area contributed by atoms with Crippen LogP contribution in [0.25, 0.3) is 0 Å². The summed E-state index contributed by atoms with van der Waals surface area (Å²) in [6, 6.07) is 13.8. The van der Waals surface area contributed by atoms with Crippen LogP contribution in [0.5, 0.6) is 11.5 Å². The summed E-state index contributed by atoms with van der Waals surface area (Å²) in [5, 5.41) is 13.9. The largest absolute Gasteiger partial charge is 0.497 e. The molecule has 3 amide bonds. The molecule has 0 atom stereocenters. The molecule has 0 saturated carbocycles. The van der Waals surface area contributed by atoms with Crippen molar-refractivity contribution in [2.75, 3.05) is 24.4 Å². The van der Waals surface area contributed by atoms with Gasteiger partial charge in [0.25, 0.3) is 0 Å². The third-order valence-corrected chi connectivity index (χ3v) is 3.90. The highest BCUT2D eigenvalue weighted by atomic mass is 16.5. The second-order valence-corrected chi connectivity index (χ2v) is 6.03. The summed E-state index contributed by atoms with van der Waals surface area (Å²) in [4.78, 5) is 22.9. The van der Waals surface area contributed by atoms with Crippen molar-refractivity contribution in [2.45, 2.75) is 25.7 Å². The van der Waals surface area contributed by atoms with Gasteiger partial charge in [0.15, 0.2) is 0 Å². The van der Waals surface area contributed by atoms with Crippen LogP contribution >= 0.6 is 0 Å². The maximum Gasteiger partial charge on any atom is 0.323 e. The Kier molecular flexibility index (Phi) is 8.61. The van der Waals surface area contributed by atoms with Crippen LogP contribution in [0.3, 0.4) is 0 Å². The number of urea groups is 1. The number of amides is 3. The van der Waals surface area contributed by atoms with Crippen LogP contribution < -0.4 is 25.6 Å². The molecule has 0 radical (unpaired) electrons. The third-order valence-electron chi connectivity index (χ3n) is 3.90. The quantitative estimate of drug-likeness (QED) is 0.282. The van der Waals surface area contributed by atoms with Crippen LogP contribution in [-0.2, 0) is 4.79 Å². The molecular formula is C20H25N3O5. The molecule has 8 nitrogen and oxygen atoms in total. The zero-order valence-corrected chi connectivity index (χ0v) is 15.7. The van der Waals surface area contributed by atoms with Crippen molar-refractivity contribution < 1.29 is 24.3 Å². The van der Waals surface area contributed by atoms with E-state index in [9.17, 15) is 9.59 Å². The summed E-state index contributed by atoms with van der Waals surface area (Å²) in [5.41, 5.74) is 2.92. The van der Waals surface area contributed by atoms with Gasteiger partial charge in [-0.2, -0.15) is 0 Å². The van der Waals surface area contributed by atoms with Crippen molar-refractivity contribution in [2.24, 2.45) is 0 Å². The van der Waals surface area contributed by atoms with Gasteiger partial charge in [-0.25, -0.2) is 10.3 Å². The molecule has 0 aliphatic rings. The van der Waals surface area contributed by atoms with Gasteiger partial charge in [-0.1, -0.05) is 0 Å². The number of rotatable bonds is 10. The first-order valence-electron chi connectivity index (χ1n) is 8.98. The van der Waals surface area contributed by atoms with E-state index in [2.05, 4.69) is 10.6 Å². The molecule has 4 N–H and O–H groups in total. The first-order valence-corrected chi connectivity index (χ1v) is 8.98. The molecule has 8 heteroatoms. The summed E-state index contributed by atoms with van der Waals surface area (Å²) >= 11 is 0. The fourth-order valence-corrected chi connectivity index (χ4v) is 2.41. The van der Waals surface area contributed by atoms with Gasteiger partial charge in [0.1, 0.15) is 11.5 Å². The van der Waals surface area contributed by atoms with Gasteiger partial charge >= 0.3 is 6.03 Å². The molecule has 0 fully saturated rings. The molecular weight excluding hydrogens is 362 g/mol. The molecule has 2 rings (SSSR count). The van der Waals surface area contributed by atoms with E-state index in [0.717, 1.165) is 18.6 Å². The number of benzene rings is 2. The van der Waals surface area contributed by atoms with Crippen molar-refractivity contribution in [1.82, 2.24) is 5.48 Å². The van der Waals surface area contributed by atoms with E-state index in [4.69, 9.17) is 14.7 Å². The van der Waals surface area contributed by atoms with Gasteiger partial charge in [-0.15, -0.1) is 0 Å². The number of hydrogen-bond acceptors (Lipinski definition) is 5. The minimum absolute atomic E-state index is 0.301. The Morgan fingerprint density at radius 3 is 1.96 bits per heavy atom. The van der Waals surface area contributed by atoms with Crippen LogP contribution in [0.1, 0.15) is 25.7 Å². The Hall–Kier alpha value is -3.26. The van der Waals surface area contributed by atoms with Crippen LogP contribution in [0.4, 0.5) is 16.2 Å². The number of anilines is 2. The summed E-state index contributed by atoms with van der Waals surface area (Å²) in [6.45, 7) is 0.533. The molecule has 0 bridgehead atoms. The lowest BCUT2D eigenvalue weighted by Gasteiger charge is -2.10. The predicted octanol–water partition coefficient (Wildman–Crippen LogP) is 3.78. The number of ether oxygens (including phenoxy) is 2. The van der Waals surface area contributed by atoms with Gasteiger partial charge in [-0.05, 0) is 67.8 Å². The van der Waals surface area contributed by atoms with Crippen molar-refractivity contribution in [3.05, 3.63) is 48.5 Å². The molecule has 2 aromatic carbocycles. The summed E-state index contributed by atoms with van der Waals surface area (Å²) in [6.07, 6.45) is 2.64. The second-order valence-electron chi connectivity index (χ2n) is 6.03. The number of hydrogen-bond donors (Lipinski definition) is 4. The van der Waals surface area contributed by atoms with Gasteiger partial charge < -0.3 is 20.1 Å². The summed E-state index contributed by atoms with van der Waals surface area (Å²) in [5.74, 6) is 1.05. The molecule has 0 spiro atoms. The van der Waals surface area contributed by atoms with Gasteiger partial charge in [-0.3, -0.25) is 10.0 Å². The average molecular weight is 387 g/mol. The van der Waals surface area contributed by atoms with Gasteiger partial charge in [0.05, 0.1) is 13.7 Å². The average Bonchev–Trinajstić information content (AvgIpc) is 2.72. The fraction of sp³-hybridized carbons (Fsp3) is 0.300. The van der Waals surface area contributed by atoms with Crippen molar-refractivity contribution >= 4 is 23.3 Å². The summed E-state index contributed by atoms with van der Waals surface area (Å²) < 4.78 is 10.7. The fourth-order valence-electron chi connectivity index (χ4n) is 2.41. The number of hydroxylamine groups is 1. The maximum atomic E-state index is 12.0. The Balaban J connectivity index is 1.68. The monoisotopic (exact) mass is 387 g/mol. The Morgan fingerprint density at radius 1 is 0.857 bits per heavy atom. The summed E-state index contributed by atoms with van der Waals surface area (Å²) in [7, 11) is 1.58. The highest BCUT2D eigenvalue weighted by molar-refractivity contribution is 5.99. The smallest absolute Gasteiger partial charge is 0.323 e. The molecule has 0 aliphatic carbocycles. The number of methoxy groups -OCH3 is 1. The van der Waals surface area contributed by atoms with E-state index >= 15 is 0 Å². The van der Waals surface area contributed by atoms with E-state index in [0.29, 0.717) is 36.6 Å². The van der Waals surface area contributed by atoms with Crippen LogP contribution in [0, 0.1) is 0 Å². The van der Waals surface area contributed by atoms with Crippen LogP contribution in [0.15, 0.2) is 48.5 Å².